The fourth-order valence-corrected chi connectivity index (χ4v) is 5.27. The van der Waals surface area contributed by atoms with Crippen LogP contribution in [-0.2, 0) is 34.8 Å². The molecule has 3 aliphatic rings. The molecule has 2 aromatic rings. The van der Waals surface area contributed by atoms with Crippen molar-refractivity contribution in [3.63, 3.8) is 0 Å². The SMILES string of the molecule is Cn1nccc1CCC(=O)N1CCC2(CCc3c2nc(N2CCOCC2)[nH]c3=O)CC1. The molecule has 0 bridgehead atoms. The molecule has 5 rings (SSSR count). The molecule has 31 heavy (non-hydrogen) atoms. The number of nitrogens with one attached hydrogen (secondary N) is 1. The summed E-state index contributed by atoms with van der Waals surface area (Å²) in [5.74, 6) is 0.866. The van der Waals surface area contributed by atoms with Crippen LogP contribution in [0.2, 0.25) is 0 Å². The van der Waals surface area contributed by atoms with Crippen LogP contribution in [0, 0.1) is 0 Å². The average Bonchev–Trinajstić information content (AvgIpc) is 3.37. The molecular formula is C22H30N6O3. The zero-order chi connectivity index (χ0) is 21.4. The Morgan fingerprint density at radius 2 is 1.97 bits per heavy atom. The fourth-order valence-electron chi connectivity index (χ4n) is 5.27. The molecule has 1 aliphatic carbocycles. The van der Waals surface area contributed by atoms with Gasteiger partial charge in [0, 0.05) is 62.5 Å². The van der Waals surface area contributed by atoms with E-state index in [0.29, 0.717) is 32.0 Å². The maximum absolute atomic E-state index is 12.8. The average molecular weight is 427 g/mol. The van der Waals surface area contributed by atoms with Crippen molar-refractivity contribution in [2.45, 2.75) is 43.9 Å². The van der Waals surface area contributed by atoms with Gasteiger partial charge in [0.25, 0.3) is 5.56 Å². The predicted molar refractivity (Wildman–Crippen MR) is 115 cm³/mol. The quantitative estimate of drug-likeness (QED) is 0.776. The van der Waals surface area contributed by atoms with Gasteiger partial charge in [0.1, 0.15) is 0 Å². The van der Waals surface area contributed by atoms with Gasteiger partial charge in [-0.3, -0.25) is 19.3 Å². The van der Waals surface area contributed by atoms with E-state index in [0.717, 1.165) is 68.8 Å². The van der Waals surface area contributed by atoms with Gasteiger partial charge in [-0.1, -0.05) is 0 Å². The topological polar surface area (TPSA) is 96.3 Å². The van der Waals surface area contributed by atoms with Crippen molar-refractivity contribution in [3.8, 4) is 0 Å². The summed E-state index contributed by atoms with van der Waals surface area (Å²) < 4.78 is 7.26. The number of morpholine rings is 1. The molecule has 1 spiro atoms. The lowest BCUT2D eigenvalue weighted by atomic mass is 9.76. The van der Waals surface area contributed by atoms with Gasteiger partial charge < -0.3 is 14.5 Å². The van der Waals surface area contributed by atoms with Crippen molar-refractivity contribution in [2.24, 2.45) is 7.05 Å². The molecule has 0 unspecified atom stereocenters. The second-order valence-corrected chi connectivity index (χ2v) is 8.92. The van der Waals surface area contributed by atoms with Gasteiger partial charge in [-0.25, -0.2) is 4.98 Å². The second-order valence-electron chi connectivity index (χ2n) is 8.92. The molecule has 0 saturated carbocycles. The maximum Gasteiger partial charge on any atom is 0.255 e. The van der Waals surface area contributed by atoms with Crippen LogP contribution < -0.4 is 10.5 Å². The lowest BCUT2D eigenvalue weighted by Gasteiger charge is -2.39. The summed E-state index contributed by atoms with van der Waals surface area (Å²) >= 11 is 0. The molecule has 2 aromatic heterocycles. The van der Waals surface area contributed by atoms with E-state index in [-0.39, 0.29) is 16.9 Å². The molecule has 166 valence electrons. The predicted octanol–water partition coefficient (Wildman–Crippen LogP) is 0.779. The zero-order valence-corrected chi connectivity index (χ0v) is 18.1. The molecule has 1 N–H and O–H groups in total. The van der Waals surface area contributed by atoms with Crippen molar-refractivity contribution in [3.05, 3.63) is 39.6 Å². The van der Waals surface area contributed by atoms with Gasteiger partial charge >= 0.3 is 0 Å². The summed E-state index contributed by atoms with van der Waals surface area (Å²) in [6.07, 6.45) is 6.44. The number of piperidine rings is 1. The summed E-state index contributed by atoms with van der Waals surface area (Å²) in [5, 5.41) is 4.17. The number of aromatic nitrogens is 4. The van der Waals surface area contributed by atoms with Crippen molar-refractivity contribution in [2.75, 3.05) is 44.3 Å². The number of hydrogen-bond acceptors (Lipinski definition) is 6. The Hall–Kier alpha value is -2.68. The van der Waals surface area contributed by atoms with Crippen LogP contribution in [0.3, 0.4) is 0 Å². The van der Waals surface area contributed by atoms with E-state index in [2.05, 4.69) is 15.0 Å². The van der Waals surface area contributed by atoms with Gasteiger partial charge in [-0.05, 0) is 38.2 Å². The molecular weight excluding hydrogens is 396 g/mol. The van der Waals surface area contributed by atoms with Crippen LogP contribution in [0.4, 0.5) is 5.95 Å². The third-order valence-corrected chi connectivity index (χ3v) is 7.26. The molecule has 9 nitrogen and oxygen atoms in total. The number of aromatic amines is 1. The third kappa shape index (κ3) is 3.75. The van der Waals surface area contributed by atoms with Crippen LogP contribution >= 0.6 is 0 Å². The van der Waals surface area contributed by atoms with Gasteiger partial charge in [0.2, 0.25) is 11.9 Å². The first-order valence-corrected chi connectivity index (χ1v) is 11.3. The number of amides is 1. The molecule has 2 aliphatic heterocycles. The number of fused-ring (bicyclic) bond motifs is 2. The highest BCUT2D eigenvalue weighted by molar-refractivity contribution is 5.76. The van der Waals surface area contributed by atoms with Gasteiger partial charge in [-0.2, -0.15) is 5.10 Å². The zero-order valence-electron chi connectivity index (χ0n) is 18.1. The minimum atomic E-state index is -0.0799. The number of anilines is 1. The maximum atomic E-state index is 12.8. The van der Waals surface area contributed by atoms with Gasteiger partial charge in [-0.15, -0.1) is 0 Å². The van der Waals surface area contributed by atoms with E-state index in [1.807, 2.05) is 22.7 Å². The summed E-state index contributed by atoms with van der Waals surface area (Å²) in [7, 11) is 1.90. The summed E-state index contributed by atoms with van der Waals surface area (Å²) in [6, 6.07) is 1.96. The highest BCUT2D eigenvalue weighted by Crippen LogP contribution is 2.44. The minimum absolute atomic E-state index is 0.00181. The largest absolute Gasteiger partial charge is 0.378 e. The lowest BCUT2D eigenvalue weighted by Crippen LogP contribution is -2.45. The van der Waals surface area contributed by atoms with Crippen molar-refractivity contribution in [1.82, 2.24) is 24.6 Å². The van der Waals surface area contributed by atoms with Crippen molar-refractivity contribution in [1.29, 1.82) is 0 Å². The monoisotopic (exact) mass is 426 g/mol. The number of aryl methyl sites for hydroxylation is 2. The number of hydrogen-bond donors (Lipinski definition) is 1. The normalized spacial score (nSPS) is 20.3. The number of nitrogens with zero attached hydrogens (tertiary/aromatic N) is 5. The second kappa shape index (κ2) is 8.11. The number of carbonyl (C=O) groups excluding carboxylic acids is 1. The van der Waals surface area contributed by atoms with Gasteiger partial charge in [0.05, 0.1) is 18.9 Å². The van der Waals surface area contributed by atoms with E-state index < -0.39 is 0 Å². The Morgan fingerprint density at radius 1 is 1.19 bits per heavy atom. The van der Waals surface area contributed by atoms with Crippen LogP contribution in [0.15, 0.2) is 17.1 Å². The number of likely N-dealkylation sites (tertiary alicyclic amines) is 1. The minimum Gasteiger partial charge on any atom is -0.378 e. The lowest BCUT2D eigenvalue weighted by molar-refractivity contribution is -0.132. The van der Waals surface area contributed by atoms with Crippen LogP contribution in [0.25, 0.3) is 0 Å². The smallest absolute Gasteiger partial charge is 0.255 e. The summed E-state index contributed by atoms with van der Waals surface area (Å²) in [5.41, 5.74) is 2.81. The van der Waals surface area contributed by atoms with E-state index in [9.17, 15) is 9.59 Å². The molecule has 0 aromatic carbocycles. The van der Waals surface area contributed by atoms with E-state index in [4.69, 9.17) is 9.72 Å². The van der Waals surface area contributed by atoms with Crippen LogP contribution in [-0.4, -0.2) is 69.9 Å². The van der Waals surface area contributed by atoms with Crippen molar-refractivity contribution >= 4 is 11.9 Å². The van der Waals surface area contributed by atoms with Crippen molar-refractivity contribution < 1.29 is 9.53 Å². The Morgan fingerprint density at radius 3 is 2.68 bits per heavy atom. The molecule has 0 atom stereocenters. The first kappa shape index (κ1) is 20.2. The van der Waals surface area contributed by atoms with Gasteiger partial charge in [0.15, 0.2) is 0 Å². The van der Waals surface area contributed by atoms with Crippen LogP contribution in [0.1, 0.15) is 42.6 Å². The summed E-state index contributed by atoms with van der Waals surface area (Å²) in [6.45, 7) is 4.25. The molecule has 1 amide bonds. The summed E-state index contributed by atoms with van der Waals surface area (Å²) in [4.78, 5) is 37.6. The number of rotatable bonds is 4. The fraction of sp³-hybridized carbons (Fsp3) is 0.636. The standard InChI is InChI=1S/C22H30N6O3/c1-26-16(5-9-23-26)2-3-18(29)27-10-7-22(8-11-27)6-4-17-19(22)24-21(25-20(17)30)28-12-14-31-15-13-28/h5,9H,2-4,6-8,10-15H2,1H3,(H,24,25,30). The van der Waals surface area contributed by atoms with E-state index in [1.54, 1.807) is 6.20 Å². The molecule has 0 radical (unpaired) electrons. The number of carbonyl (C=O) groups is 1. The highest BCUT2D eigenvalue weighted by atomic mass is 16.5. The van der Waals surface area contributed by atoms with Crippen LogP contribution in [0.5, 0.6) is 0 Å². The van der Waals surface area contributed by atoms with E-state index in [1.165, 1.54) is 0 Å². The Bertz CT molecular complexity index is 1010. The first-order chi connectivity index (χ1) is 15.1. The molecule has 2 saturated heterocycles. The Labute approximate surface area is 181 Å². The molecule has 9 heteroatoms. The first-order valence-electron chi connectivity index (χ1n) is 11.3. The number of H-pyrrole nitrogens is 1. The van der Waals surface area contributed by atoms with E-state index >= 15 is 0 Å². The molecule has 4 heterocycles. The highest BCUT2D eigenvalue weighted by Gasteiger charge is 2.44. The molecule has 2 fully saturated rings. The Balaban J connectivity index is 1.28. The Kier molecular flexibility index (Phi) is 5.29. The third-order valence-electron chi connectivity index (χ3n) is 7.26. The number of ether oxygens (including phenoxy) is 1.